The second-order valence-electron chi connectivity index (χ2n) is 5.30. The van der Waals surface area contributed by atoms with Crippen molar-refractivity contribution in [1.29, 1.82) is 0 Å². The molecule has 0 saturated heterocycles. The summed E-state index contributed by atoms with van der Waals surface area (Å²) >= 11 is 3.58. The van der Waals surface area contributed by atoms with Gasteiger partial charge in [-0.25, -0.2) is 4.98 Å². The average Bonchev–Trinajstić information content (AvgIpc) is 2.62. The Kier molecular flexibility index (Phi) is 5.43. The first-order valence-electron chi connectivity index (χ1n) is 7.92. The fourth-order valence-corrected chi connectivity index (χ4v) is 2.78. The minimum atomic E-state index is 0.633. The van der Waals surface area contributed by atoms with Crippen LogP contribution in [-0.4, -0.2) is 16.5 Å². The van der Waals surface area contributed by atoms with Crippen molar-refractivity contribution in [3.63, 3.8) is 0 Å². The van der Waals surface area contributed by atoms with E-state index in [0.29, 0.717) is 12.5 Å². The quantitative estimate of drug-likeness (QED) is 0.633. The summed E-state index contributed by atoms with van der Waals surface area (Å²) in [6.07, 6.45) is 0. The zero-order valence-electron chi connectivity index (χ0n) is 13.5. The Morgan fingerprint density at radius 2 is 1.67 bits per heavy atom. The highest BCUT2D eigenvalue weighted by atomic mass is 79.9. The molecule has 3 rings (SSSR count). The number of hydrogen-bond acceptors (Lipinski definition) is 4. The third-order valence-electron chi connectivity index (χ3n) is 3.55. The van der Waals surface area contributed by atoms with Crippen molar-refractivity contribution < 1.29 is 0 Å². The molecule has 2 N–H and O–H groups in total. The van der Waals surface area contributed by atoms with Crippen LogP contribution in [0.3, 0.4) is 0 Å². The van der Waals surface area contributed by atoms with Gasteiger partial charge in [0.2, 0.25) is 5.95 Å². The number of nitrogens with one attached hydrogen (secondary N) is 2. The van der Waals surface area contributed by atoms with Crippen molar-refractivity contribution in [2.45, 2.75) is 13.5 Å². The lowest BCUT2D eigenvalue weighted by molar-refractivity contribution is 1.05. The highest BCUT2D eigenvalue weighted by Gasteiger charge is 2.07. The van der Waals surface area contributed by atoms with E-state index in [2.05, 4.69) is 54.7 Å². The van der Waals surface area contributed by atoms with E-state index in [9.17, 15) is 0 Å². The molecule has 0 bridgehead atoms. The Bertz CT molecular complexity index is 805. The molecule has 0 aliphatic heterocycles. The van der Waals surface area contributed by atoms with Gasteiger partial charge in [0, 0.05) is 29.2 Å². The minimum absolute atomic E-state index is 0.633. The summed E-state index contributed by atoms with van der Waals surface area (Å²) in [6.45, 7) is 3.51. The van der Waals surface area contributed by atoms with Crippen molar-refractivity contribution in [1.82, 2.24) is 9.97 Å². The van der Waals surface area contributed by atoms with Crippen molar-refractivity contribution >= 4 is 27.7 Å². The van der Waals surface area contributed by atoms with Gasteiger partial charge in [0.1, 0.15) is 5.82 Å². The van der Waals surface area contributed by atoms with Gasteiger partial charge in [0.15, 0.2) is 0 Å². The molecule has 5 heteroatoms. The molecule has 0 atom stereocenters. The number of nitrogens with zero attached hydrogens (tertiary/aromatic N) is 2. The molecule has 24 heavy (non-hydrogen) atoms. The van der Waals surface area contributed by atoms with E-state index in [1.807, 2.05) is 49.4 Å². The minimum Gasteiger partial charge on any atom is -0.366 e. The zero-order valence-corrected chi connectivity index (χ0v) is 15.0. The van der Waals surface area contributed by atoms with Crippen LogP contribution in [0.1, 0.15) is 12.5 Å². The summed E-state index contributed by atoms with van der Waals surface area (Å²) in [5.74, 6) is 1.43. The smallest absolute Gasteiger partial charge is 0.225 e. The van der Waals surface area contributed by atoms with Crippen LogP contribution in [0.15, 0.2) is 65.1 Å². The van der Waals surface area contributed by atoms with Gasteiger partial charge in [0.05, 0.1) is 5.69 Å². The molecule has 4 nitrogen and oxygen atoms in total. The van der Waals surface area contributed by atoms with Gasteiger partial charge in [-0.3, -0.25) is 0 Å². The van der Waals surface area contributed by atoms with Crippen molar-refractivity contribution in [3.05, 3.63) is 70.7 Å². The summed E-state index contributed by atoms with van der Waals surface area (Å²) in [6, 6.07) is 20.3. The second-order valence-corrected chi connectivity index (χ2v) is 6.16. The van der Waals surface area contributed by atoms with Crippen LogP contribution in [0.25, 0.3) is 11.3 Å². The summed E-state index contributed by atoms with van der Waals surface area (Å²) in [4.78, 5) is 9.14. The first kappa shape index (κ1) is 16.5. The van der Waals surface area contributed by atoms with Crippen LogP contribution in [0.2, 0.25) is 0 Å². The summed E-state index contributed by atoms with van der Waals surface area (Å²) in [7, 11) is 0. The largest absolute Gasteiger partial charge is 0.366 e. The molecule has 0 spiro atoms. The maximum absolute atomic E-state index is 4.59. The molecule has 0 amide bonds. The molecule has 0 radical (unpaired) electrons. The number of anilines is 2. The number of halogens is 1. The first-order valence-corrected chi connectivity index (χ1v) is 8.71. The van der Waals surface area contributed by atoms with Crippen LogP contribution < -0.4 is 10.6 Å². The van der Waals surface area contributed by atoms with Gasteiger partial charge in [-0.05, 0) is 18.6 Å². The van der Waals surface area contributed by atoms with E-state index in [1.165, 1.54) is 5.56 Å². The Balaban J connectivity index is 1.86. The lowest BCUT2D eigenvalue weighted by Gasteiger charge is -2.11. The van der Waals surface area contributed by atoms with Gasteiger partial charge in [-0.2, -0.15) is 4.98 Å². The predicted molar refractivity (Wildman–Crippen MR) is 103 cm³/mol. The number of rotatable bonds is 6. The Labute approximate surface area is 150 Å². The number of benzene rings is 2. The van der Waals surface area contributed by atoms with Crippen LogP contribution in [0, 0.1) is 0 Å². The molecular formula is C19H19BrN4. The Hall–Kier alpha value is -2.40. The lowest BCUT2D eigenvalue weighted by atomic mass is 10.1. The van der Waals surface area contributed by atoms with Crippen LogP contribution >= 0.6 is 15.9 Å². The van der Waals surface area contributed by atoms with Crippen LogP contribution in [0.4, 0.5) is 11.8 Å². The molecule has 0 aliphatic rings. The molecule has 0 unspecified atom stereocenters. The molecule has 0 saturated carbocycles. The monoisotopic (exact) mass is 382 g/mol. The molecule has 0 aliphatic carbocycles. The van der Waals surface area contributed by atoms with Gasteiger partial charge < -0.3 is 10.6 Å². The molecular weight excluding hydrogens is 364 g/mol. The highest BCUT2D eigenvalue weighted by molar-refractivity contribution is 9.10. The summed E-state index contributed by atoms with van der Waals surface area (Å²) < 4.78 is 1.08. The molecule has 0 fully saturated rings. The molecule has 1 heterocycles. The van der Waals surface area contributed by atoms with Gasteiger partial charge in [-0.15, -0.1) is 0 Å². The van der Waals surface area contributed by atoms with Crippen molar-refractivity contribution in [2.75, 3.05) is 17.2 Å². The number of hydrogen-bond donors (Lipinski definition) is 2. The maximum Gasteiger partial charge on any atom is 0.225 e. The van der Waals surface area contributed by atoms with Gasteiger partial charge >= 0.3 is 0 Å². The van der Waals surface area contributed by atoms with Gasteiger partial charge in [-0.1, -0.05) is 64.5 Å². The van der Waals surface area contributed by atoms with E-state index in [-0.39, 0.29) is 0 Å². The molecule has 1 aromatic heterocycles. The average molecular weight is 383 g/mol. The van der Waals surface area contributed by atoms with E-state index in [4.69, 9.17) is 0 Å². The summed E-state index contributed by atoms with van der Waals surface area (Å²) in [5, 5.41) is 6.59. The topological polar surface area (TPSA) is 49.8 Å². The third kappa shape index (κ3) is 4.11. The van der Waals surface area contributed by atoms with E-state index >= 15 is 0 Å². The highest BCUT2D eigenvalue weighted by Crippen LogP contribution is 2.22. The normalized spacial score (nSPS) is 10.4. The third-order valence-corrected chi connectivity index (χ3v) is 4.32. The van der Waals surface area contributed by atoms with E-state index in [0.717, 1.165) is 28.1 Å². The van der Waals surface area contributed by atoms with Gasteiger partial charge in [0.25, 0.3) is 0 Å². The Morgan fingerprint density at radius 1 is 0.917 bits per heavy atom. The lowest BCUT2D eigenvalue weighted by Crippen LogP contribution is -2.07. The SMILES string of the molecule is CCNc1nc(NCc2ccccc2Br)cc(-c2ccccc2)n1. The van der Waals surface area contributed by atoms with Crippen molar-refractivity contribution in [2.24, 2.45) is 0 Å². The fourth-order valence-electron chi connectivity index (χ4n) is 2.36. The van der Waals surface area contributed by atoms with E-state index in [1.54, 1.807) is 0 Å². The van der Waals surface area contributed by atoms with Crippen LogP contribution in [-0.2, 0) is 6.54 Å². The standard InChI is InChI=1S/C19H19BrN4/c1-2-21-19-23-17(14-8-4-3-5-9-14)12-18(24-19)22-13-15-10-6-7-11-16(15)20/h3-12H,2,13H2,1H3,(H2,21,22,23,24). The summed E-state index contributed by atoms with van der Waals surface area (Å²) in [5.41, 5.74) is 3.15. The fraction of sp³-hybridized carbons (Fsp3) is 0.158. The Morgan fingerprint density at radius 3 is 2.42 bits per heavy atom. The zero-order chi connectivity index (χ0) is 16.8. The molecule has 3 aromatic rings. The molecule has 122 valence electrons. The van der Waals surface area contributed by atoms with Crippen molar-refractivity contribution in [3.8, 4) is 11.3 Å². The van der Waals surface area contributed by atoms with Crippen LogP contribution in [0.5, 0.6) is 0 Å². The predicted octanol–water partition coefficient (Wildman–Crippen LogP) is 4.95. The second kappa shape index (κ2) is 7.93. The molecule has 2 aromatic carbocycles. The van der Waals surface area contributed by atoms with E-state index < -0.39 is 0 Å². The number of aromatic nitrogens is 2. The first-order chi connectivity index (χ1) is 11.8. The maximum atomic E-state index is 4.59.